The Morgan fingerprint density at radius 1 is 1.67 bits per heavy atom. The first-order valence-electron chi connectivity index (χ1n) is 3.85. The second-order valence-corrected chi connectivity index (χ2v) is 2.90. The van der Waals surface area contributed by atoms with E-state index in [9.17, 15) is 0 Å². The van der Waals surface area contributed by atoms with E-state index in [2.05, 4.69) is 18.8 Å². The van der Waals surface area contributed by atoms with Gasteiger partial charge in [0.15, 0.2) is 0 Å². The Morgan fingerprint density at radius 3 is 2.89 bits per heavy atom. The number of aliphatic imine (C=N–C) groups is 1. The van der Waals surface area contributed by atoms with Crippen LogP contribution in [-0.4, -0.2) is 12.3 Å². The Kier molecular flexibility index (Phi) is 2.26. The van der Waals surface area contributed by atoms with Crippen LogP contribution in [0.15, 0.2) is 4.99 Å². The van der Waals surface area contributed by atoms with E-state index in [0.717, 1.165) is 18.9 Å². The smallest absolute Gasteiger partial charge is 0.0414 e. The van der Waals surface area contributed by atoms with Crippen LogP contribution in [-0.2, 0) is 0 Å². The molecule has 0 N–H and O–H groups in total. The minimum absolute atomic E-state index is 0.834. The zero-order valence-corrected chi connectivity index (χ0v) is 6.35. The lowest BCUT2D eigenvalue weighted by molar-refractivity contribution is 0.534. The quantitative estimate of drug-likeness (QED) is 0.509. The Morgan fingerprint density at radius 2 is 2.44 bits per heavy atom. The third-order valence-electron chi connectivity index (χ3n) is 1.96. The molecular formula is C8H15N. The van der Waals surface area contributed by atoms with E-state index < -0.39 is 0 Å². The van der Waals surface area contributed by atoms with Gasteiger partial charge >= 0.3 is 0 Å². The summed E-state index contributed by atoms with van der Waals surface area (Å²) in [5, 5.41) is 0. The molecule has 0 aromatic heterocycles. The lowest BCUT2D eigenvalue weighted by atomic mass is 9.99. The van der Waals surface area contributed by atoms with Gasteiger partial charge in [-0.15, -0.1) is 0 Å². The highest BCUT2D eigenvalue weighted by Gasteiger charge is 2.08. The summed E-state index contributed by atoms with van der Waals surface area (Å²) in [4.78, 5) is 4.45. The second-order valence-electron chi connectivity index (χ2n) is 2.90. The zero-order chi connectivity index (χ0) is 6.69. The average molecular weight is 125 g/mol. The first-order chi connectivity index (χ1) is 4.33. The first kappa shape index (κ1) is 6.79. The molecule has 1 aliphatic rings. The van der Waals surface area contributed by atoms with Gasteiger partial charge in [-0.25, -0.2) is 0 Å². The van der Waals surface area contributed by atoms with Gasteiger partial charge in [0.05, 0.1) is 0 Å². The molecule has 0 amide bonds. The highest BCUT2D eigenvalue weighted by atomic mass is 14.8. The number of hydrogen-bond acceptors (Lipinski definition) is 1. The van der Waals surface area contributed by atoms with Crippen molar-refractivity contribution in [3.05, 3.63) is 0 Å². The van der Waals surface area contributed by atoms with Crippen LogP contribution in [0.1, 0.15) is 33.1 Å². The normalized spacial score (nSPS) is 27.8. The summed E-state index contributed by atoms with van der Waals surface area (Å²) in [5.74, 6) is 0.834. The van der Waals surface area contributed by atoms with Crippen LogP contribution < -0.4 is 0 Å². The number of hydrogen-bond donors (Lipinski definition) is 0. The molecule has 0 unspecified atom stereocenters. The fourth-order valence-corrected chi connectivity index (χ4v) is 1.16. The summed E-state index contributed by atoms with van der Waals surface area (Å²) in [6, 6.07) is 0. The third-order valence-corrected chi connectivity index (χ3v) is 1.96. The van der Waals surface area contributed by atoms with Gasteiger partial charge in [-0.05, 0) is 25.2 Å². The van der Waals surface area contributed by atoms with Crippen molar-refractivity contribution in [2.45, 2.75) is 33.1 Å². The number of nitrogens with zero attached hydrogens (tertiary/aromatic N) is 1. The summed E-state index contributed by atoms with van der Waals surface area (Å²) in [5.41, 5.74) is 1.42. The molecule has 9 heavy (non-hydrogen) atoms. The summed E-state index contributed by atoms with van der Waals surface area (Å²) in [7, 11) is 0. The molecule has 0 bridgehead atoms. The van der Waals surface area contributed by atoms with Gasteiger partial charge in [-0.1, -0.05) is 13.8 Å². The molecule has 1 atom stereocenters. The molecular weight excluding hydrogens is 110 g/mol. The Hall–Kier alpha value is -0.330. The van der Waals surface area contributed by atoms with Crippen LogP contribution >= 0.6 is 0 Å². The molecule has 0 saturated heterocycles. The summed E-state index contributed by atoms with van der Waals surface area (Å²) in [6.45, 7) is 5.54. The largest absolute Gasteiger partial charge is 0.294 e. The van der Waals surface area contributed by atoms with Crippen molar-refractivity contribution < 1.29 is 0 Å². The summed E-state index contributed by atoms with van der Waals surface area (Å²) in [6.07, 6.45) is 3.76. The molecule has 1 aliphatic heterocycles. The maximum absolute atomic E-state index is 4.45. The molecule has 0 radical (unpaired) electrons. The van der Waals surface area contributed by atoms with Crippen molar-refractivity contribution in [2.75, 3.05) is 6.54 Å². The summed E-state index contributed by atoms with van der Waals surface area (Å²) >= 11 is 0. The average Bonchev–Trinajstić information content (AvgIpc) is 1.90. The van der Waals surface area contributed by atoms with Crippen LogP contribution in [0.2, 0.25) is 0 Å². The van der Waals surface area contributed by atoms with E-state index >= 15 is 0 Å². The van der Waals surface area contributed by atoms with Crippen molar-refractivity contribution in [2.24, 2.45) is 10.9 Å². The van der Waals surface area contributed by atoms with E-state index in [1.807, 2.05) is 0 Å². The van der Waals surface area contributed by atoms with Crippen LogP contribution in [0.5, 0.6) is 0 Å². The maximum Gasteiger partial charge on any atom is 0.0414 e. The second kappa shape index (κ2) is 3.00. The molecule has 0 aromatic rings. The fourth-order valence-electron chi connectivity index (χ4n) is 1.16. The minimum Gasteiger partial charge on any atom is -0.294 e. The predicted octanol–water partition coefficient (Wildman–Crippen LogP) is 2.27. The summed E-state index contributed by atoms with van der Waals surface area (Å²) < 4.78 is 0. The van der Waals surface area contributed by atoms with Gasteiger partial charge in [0, 0.05) is 12.3 Å². The Labute approximate surface area is 57.2 Å². The predicted molar refractivity (Wildman–Crippen MR) is 41.0 cm³/mol. The lowest BCUT2D eigenvalue weighted by Crippen LogP contribution is -2.11. The highest BCUT2D eigenvalue weighted by molar-refractivity contribution is 5.84. The van der Waals surface area contributed by atoms with Crippen molar-refractivity contribution in [3.63, 3.8) is 0 Å². The topological polar surface area (TPSA) is 12.4 Å². The Balaban J connectivity index is 2.40. The third kappa shape index (κ3) is 1.81. The first-order valence-corrected chi connectivity index (χ1v) is 3.85. The molecule has 1 heteroatoms. The fraction of sp³-hybridized carbons (Fsp3) is 0.875. The van der Waals surface area contributed by atoms with Crippen molar-refractivity contribution in [1.82, 2.24) is 0 Å². The molecule has 1 heterocycles. The van der Waals surface area contributed by atoms with E-state index in [0.29, 0.717) is 0 Å². The van der Waals surface area contributed by atoms with Crippen LogP contribution in [0.3, 0.4) is 0 Å². The Bertz CT molecular complexity index is 116. The molecule has 1 rings (SSSR count). The molecule has 0 aliphatic carbocycles. The molecule has 0 spiro atoms. The van der Waals surface area contributed by atoms with Crippen molar-refractivity contribution in [1.29, 1.82) is 0 Å². The van der Waals surface area contributed by atoms with Gasteiger partial charge in [0.25, 0.3) is 0 Å². The van der Waals surface area contributed by atoms with E-state index in [1.165, 1.54) is 18.6 Å². The number of rotatable bonds is 1. The van der Waals surface area contributed by atoms with Gasteiger partial charge in [0.1, 0.15) is 0 Å². The molecule has 0 saturated carbocycles. The van der Waals surface area contributed by atoms with Crippen LogP contribution in [0.4, 0.5) is 0 Å². The van der Waals surface area contributed by atoms with Crippen LogP contribution in [0.25, 0.3) is 0 Å². The highest BCUT2D eigenvalue weighted by Crippen LogP contribution is 2.13. The molecule has 0 aromatic carbocycles. The standard InChI is InChI=1S/C8H15N/c1-3-8-5-4-7(2)6-9-8/h7H,3-6H2,1-2H3/t7-/m0/s1. The maximum atomic E-state index is 4.45. The molecule has 0 fully saturated rings. The molecule has 1 nitrogen and oxygen atoms in total. The van der Waals surface area contributed by atoms with E-state index in [1.54, 1.807) is 0 Å². The van der Waals surface area contributed by atoms with Crippen molar-refractivity contribution >= 4 is 5.71 Å². The monoisotopic (exact) mass is 125 g/mol. The zero-order valence-electron chi connectivity index (χ0n) is 6.35. The lowest BCUT2D eigenvalue weighted by Gasteiger charge is -2.15. The van der Waals surface area contributed by atoms with Gasteiger partial charge in [-0.2, -0.15) is 0 Å². The van der Waals surface area contributed by atoms with E-state index in [4.69, 9.17) is 0 Å². The molecule has 52 valence electrons. The van der Waals surface area contributed by atoms with Crippen LogP contribution in [0, 0.1) is 5.92 Å². The van der Waals surface area contributed by atoms with Gasteiger partial charge < -0.3 is 0 Å². The van der Waals surface area contributed by atoms with E-state index in [-0.39, 0.29) is 0 Å². The minimum atomic E-state index is 0.834. The van der Waals surface area contributed by atoms with Gasteiger partial charge in [0.2, 0.25) is 0 Å². The van der Waals surface area contributed by atoms with Gasteiger partial charge in [-0.3, -0.25) is 4.99 Å². The SMILES string of the molecule is CCC1=NC[C@@H](C)CC1. The van der Waals surface area contributed by atoms with Crippen molar-refractivity contribution in [3.8, 4) is 0 Å².